The predicted octanol–water partition coefficient (Wildman–Crippen LogP) is 1.97. The number of hydrogen-bond acceptors (Lipinski definition) is 5. The second-order valence-corrected chi connectivity index (χ2v) is 5.16. The first-order chi connectivity index (χ1) is 11.6. The zero-order valence-corrected chi connectivity index (χ0v) is 13.5. The summed E-state index contributed by atoms with van der Waals surface area (Å²) in [5, 5.41) is 8.58. The van der Waals surface area contributed by atoms with Gasteiger partial charge in [0.05, 0.1) is 0 Å². The van der Waals surface area contributed by atoms with E-state index >= 15 is 0 Å². The highest BCUT2D eigenvalue weighted by Gasteiger charge is 2.41. The molecule has 6 nitrogen and oxygen atoms in total. The summed E-state index contributed by atoms with van der Waals surface area (Å²) in [7, 11) is 1.46. The zero-order valence-electron chi connectivity index (χ0n) is 13.5. The van der Waals surface area contributed by atoms with Gasteiger partial charge in [0, 0.05) is 13.5 Å². The Balaban J connectivity index is 2.49. The van der Waals surface area contributed by atoms with Crippen LogP contribution in [0.15, 0.2) is 0 Å². The third kappa shape index (κ3) is 7.09. The van der Waals surface area contributed by atoms with Crippen LogP contribution in [0.25, 0.3) is 0 Å². The molecule has 0 bridgehead atoms. The lowest BCUT2D eigenvalue weighted by Crippen LogP contribution is -2.35. The number of hydrogen-bond donors (Lipinski definition) is 1. The minimum Gasteiger partial charge on any atom is -0.481 e. The van der Waals surface area contributed by atoms with Crippen LogP contribution in [0.2, 0.25) is 0 Å². The summed E-state index contributed by atoms with van der Waals surface area (Å²) >= 11 is 0. The first-order valence-corrected chi connectivity index (χ1v) is 7.66. The normalized spacial score (nSPS) is 19.6. The van der Waals surface area contributed by atoms with Gasteiger partial charge in [-0.3, -0.25) is 4.79 Å². The molecule has 1 N–H and O–H groups in total. The Morgan fingerprint density at radius 3 is 2.67 bits per heavy atom. The Labute approximate surface area is 141 Å². The van der Waals surface area contributed by atoms with Crippen molar-refractivity contribution in [2.24, 2.45) is 0 Å². The van der Waals surface area contributed by atoms with E-state index in [-0.39, 0.29) is 6.42 Å². The third-order valence-corrected chi connectivity index (χ3v) is 3.44. The van der Waals surface area contributed by atoms with E-state index in [1.807, 2.05) is 0 Å². The summed E-state index contributed by atoms with van der Waals surface area (Å²) in [5.74, 6) is 11.5. The molecule has 0 aliphatic carbocycles. The topological polar surface area (TPSA) is 82.1 Å². The summed E-state index contributed by atoms with van der Waals surface area (Å²) < 4.78 is 15.5. The van der Waals surface area contributed by atoms with E-state index in [9.17, 15) is 9.59 Å². The molecule has 0 aromatic rings. The van der Waals surface area contributed by atoms with Crippen LogP contribution >= 0.6 is 0 Å². The van der Waals surface area contributed by atoms with Gasteiger partial charge >= 0.3 is 12.1 Å². The highest BCUT2D eigenvalue weighted by molar-refractivity contribution is 5.66. The minimum absolute atomic E-state index is 0.171. The Morgan fingerprint density at radius 2 is 2.00 bits per heavy atom. The quantitative estimate of drug-likeness (QED) is 0.395. The van der Waals surface area contributed by atoms with Gasteiger partial charge in [-0.15, -0.1) is 6.42 Å². The van der Waals surface area contributed by atoms with Crippen molar-refractivity contribution in [2.75, 3.05) is 7.11 Å². The van der Waals surface area contributed by atoms with Crippen molar-refractivity contribution in [1.82, 2.24) is 0 Å². The lowest BCUT2D eigenvalue weighted by molar-refractivity contribution is -0.137. The first-order valence-electron chi connectivity index (χ1n) is 7.66. The molecule has 0 amide bonds. The number of carbonyl (C=O) groups is 2. The molecule has 0 unspecified atom stereocenters. The van der Waals surface area contributed by atoms with Gasteiger partial charge in [0.25, 0.3) is 0 Å². The summed E-state index contributed by atoms with van der Waals surface area (Å²) in [6, 6.07) is 0. The van der Waals surface area contributed by atoms with Crippen LogP contribution in [0.5, 0.6) is 0 Å². The molecular weight excluding hydrogens is 312 g/mol. The Kier molecular flexibility index (Phi) is 8.90. The molecule has 1 fully saturated rings. The molecule has 24 heavy (non-hydrogen) atoms. The second-order valence-electron chi connectivity index (χ2n) is 5.16. The number of carboxylic acids is 1. The highest BCUT2D eigenvalue weighted by atomic mass is 16.8. The van der Waals surface area contributed by atoms with Crippen molar-refractivity contribution in [1.29, 1.82) is 0 Å². The largest absolute Gasteiger partial charge is 0.509 e. The van der Waals surface area contributed by atoms with Gasteiger partial charge < -0.3 is 19.3 Å². The van der Waals surface area contributed by atoms with Gasteiger partial charge in [-0.25, -0.2) is 4.79 Å². The number of carboxylic acid groups (broad SMARTS) is 1. The van der Waals surface area contributed by atoms with E-state index in [0.717, 1.165) is 19.3 Å². The molecule has 1 saturated heterocycles. The maximum Gasteiger partial charge on any atom is 0.509 e. The Bertz CT molecular complexity index is 595. The second kappa shape index (κ2) is 11.0. The van der Waals surface area contributed by atoms with Crippen LogP contribution in [0.4, 0.5) is 4.79 Å². The van der Waals surface area contributed by atoms with Crippen LogP contribution in [0.1, 0.15) is 38.5 Å². The molecule has 0 radical (unpaired) electrons. The van der Waals surface area contributed by atoms with Gasteiger partial charge in [-0.2, -0.15) is 0 Å². The Hall–Kier alpha value is -2.62. The fraction of sp³-hybridized carbons (Fsp3) is 0.556. The first kappa shape index (κ1) is 19.4. The molecule has 1 rings (SSSR count). The molecule has 6 heteroatoms. The van der Waals surface area contributed by atoms with Gasteiger partial charge in [-0.05, 0) is 42.9 Å². The van der Waals surface area contributed by atoms with E-state index in [4.69, 9.17) is 25.7 Å². The van der Waals surface area contributed by atoms with Crippen LogP contribution < -0.4 is 0 Å². The van der Waals surface area contributed by atoms with E-state index < -0.39 is 30.4 Å². The summed E-state index contributed by atoms with van der Waals surface area (Å²) in [6.07, 6.45) is 6.40. The SMILES string of the molecule is C#CC#CC#C[C@@H](OC)[C@H]1OC(=O)O[C@H]1CCCCCCC(=O)O. The van der Waals surface area contributed by atoms with Gasteiger partial charge in [0.2, 0.25) is 0 Å². The Morgan fingerprint density at radius 1 is 1.25 bits per heavy atom. The number of carbonyl (C=O) groups excluding carboxylic acids is 1. The van der Waals surface area contributed by atoms with E-state index in [2.05, 4.69) is 29.6 Å². The number of ether oxygens (including phenoxy) is 3. The molecule has 0 aromatic heterocycles. The van der Waals surface area contributed by atoms with Gasteiger partial charge in [0.1, 0.15) is 6.10 Å². The number of methoxy groups -OCH3 is 1. The number of cyclic esters (lactones) is 2. The maximum absolute atomic E-state index is 11.4. The summed E-state index contributed by atoms with van der Waals surface area (Å²) in [4.78, 5) is 21.8. The van der Waals surface area contributed by atoms with Crippen LogP contribution in [-0.4, -0.2) is 42.7 Å². The van der Waals surface area contributed by atoms with Crippen molar-refractivity contribution in [3.8, 4) is 36.0 Å². The van der Waals surface area contributed by atoms with E-state index in [0.29, 0.717) is 12.8 Å². The van der Waals surface area contributed by atoms with Crippen molar-refractivity contribution >= 4 is 12.1 Å². The fourth-order valence-electron chi connectivity index (χ4n) is 2.31. The zero-order chi connectivity index (χ0) is 17.8. The van der Waals surface area contributed by atoms with Crippen molar-refractivity contribution in [3.63, 3.8) is 0 Å². The van der Waals surface area contributed by atoms with Crippen molar-refractivity contribution < 1.29 is 28.9 Å². The molecule has 1 aliphatic heterocycles. The average molecular weight is 332 g/mol. The molecule has 1 aliphatic rings. The molecular formula is C18H20O6. The molecule has 128 valence electrons. The van der Waals surface area contributed by atoms with Crippen molar-refractivity contribution in [2.45, 2.75) is 56.8 Å². The molecule has 1 heterocycles. The van der Waals surface area contributed by atoms with Gasteiger partial charge in [0.15, 0.2) is 12.2 Å². The molecule has 0 saturated carbocycles. The minimum atomic E-state index is -0.789. The lowest BCUT2D eigenvalue weighted by Gasteiger charge is -2.19. The summed E-state index contributed by atoms with van der Waals surface area (Å²) in [5.41, 5.74) is 0. The van der Waals surface area contributed by atoms with E-state index in [1.54, 1.807) is 0 Å². The lowest BCUT2D eigenvalue weighted by atomic mass is 10.0. The average Bonchev–Trinajstić information content (AvgIpc) is 2.91. The number of rotatable bonds is 9. The fourth-order valence-corrected chi connectivity index (χ4v) is 2.31. The maximum atomic E-state index is 11.4. The molecule has 3 atom stereocenters. The van der Waals surface area contributed by atoms with Crippen molar-refractivity contribution in [3.05, 3.63) is 0 Å². The van der Waals surface area contributed by atoms with Gasteiger partial charge in [-0.1, -0.05) is 18.8 Å². The third-order valence-electron chi connectivity index (χ3n) is 3.44. The predicted molar refractivity (Wildman–Crippen MR) is 85.7 cm³/mol. The van der Waals surface area contributed by atoms with Crippen LogP contribution in [0, 0.1) is 36.0 Å². The number of unbranched alkanes of at least 4 members (excludes halogenated alkanes) is 3. The highest BCUT2D eigenvalue weighted by Crippen LogP contribution is 2.24. The summed E-state index contributed by atoms with van der Waals surface area (Å²) in [6.45, 7) is 0. The monoisotopic (exact) mass is 332 g/mol. The number of terminal acetylenes is 1. The number of aliphatic carboxylic acids is 1. The molecule has 0 aromatic carbocycles. The smallest absolute Gasteiger partial charge is 0.481 e. The van der Waals surface area contributed by atoms with E-state index in [1.165, 1.54) is 7.11 Å². The standard InChI is InChI=1S/C18H20O6/c1-3-4-5-8-11-14(22-2)17-15(23-18(21)24-17)12-9-6-7-10-13-16(19)20/h1,14-15,17H,6-7,9-10,12-13H2,2H3,(H,19,20)/t14-,15+,17-/m1/s1. The molecule has 0 spiro atoms. The van der Waals surface area contributed by atoms with Crippen LogP contribution in [0.3, 0.4) is 0 Å². The van der Waals surface area contributed by atoms with Crippen LogP contribution in [-0.2, 0) is 19.0 Å².